The topological polar surface area (TPSA) is 67.2 Å². The fourth-order valence-electron chi connectivity index (χ4n) is 1.91. The van der Waals surface area contributed by atoms with Gasteiger partial charge in [-0.05, 0) is 26.0 Å². The molecule has 0 atom stereocenters. The zero-order valence-corrected chi connectivity index (χ0v) is 13.8. The fraction of sp³-hybridized carbons (Fsp3) is 0.200. The van der Waals surface area contributed by atoms with E-state index in [0.717, 1.165) is 25.9 Å². The van der Waals surface area contributed by atoms with Gasteiger partial charge in [-0.15, -0.1) is 22.7 Å². The normalized spacial score (nSPS) is 11.8. The van der Waals surface area contributed by atoms with Crippen LogP contribution in [0, 0.1) is 6.92 Å². The van der Waals surface area contributed by atoms with Crippen LogP contribution < -0.4 is 5.43 Å². The summed E-state index contributed by atoms with van der Waals surface area (Å²) in [4.78, 5) is 20.6. The second kappa shape index (κ2) is 6.33. The Bertz CT molecular complexity index is 817. The van der Waals surface area contributed by atoms with Crippen molar-refractivity contribution in [2.45, 2.75) is 20.3 Å². The number of benzene rings is 1. The van der Waals surface area contributed by atoms with Gasteiger partial charge < -0.3 is 0 Å². The number of nitrogens with one attached hydrogen (secondary N) is 1. The average molecular weight is 330 g/mol. The van der Waals surface area contributed by atoms with Crippen LogP contribution in [0.1, 0.15) is 22.6 Å². The van der Waals surface area contributed by atoms with E-state index < -0.39 is 0 Å². The van der Waals surface area contributed by atoms with Crippen LogP contribution in [0.15, 0.2) is 34.7 Å². The Morgan fingerprint density at radius 2 is 2.14 bits per heavy atom. The molecule has 3 aromatic rings. The van der Waals surface area contributed by atoms with Gasteiger partial charge in [-0.25, -0.2) is 15.4 Å². The van der Waals surface area contributed by atoms with Crippen molar-refractivity contribution >= 4 is 44.5 Å². The Kier molecular flexibility index (Phi) is 4.26. The molecule has 0 unspecified atom stereocenters. The third-order valence-corrected chi connectivity index (χ3v) is 4.93. The van der Waals surface area contributed by atoms with Crippen LogP contribution in [0.5, 0.6) is 0 Å². The second-order valence-corrected chi connectivity index (χ2v) is 6.85. The number of para-hydroxylation sites is 1. The first kappa shape index (κ1) is 14.8. The number of carbonyl (C=O) groups excluding carboxylic acids is 1. The zero-order chi connectivity index (χ0) is 15.5. The van der Waals surface area contributed by atoms with Crippen molar-refractivity contribution in [1.29, 1.82) is 0 Å². The average Bonchev–Trinajstić information content (AvgIpc) is 3.10. The number of hydrogen-bond donors (Lipinski definition) is 1. The van der Waals surface area contributed by atoms with E-state index in [-0.39, 0.29) is 12.3 Å². The summed E-state index contributed by atoms with van der Waals surface area (Å²) in [7, 11) is 0. The van der Waals surface area contributed by atoms with Crippen molar-refractivity contribution < 1.29 is 4.79 Å². The van der Waals surface area contributed by atoms with Crippen LogP contribution in [0.25, 0.3) is 10.2 Å². The first-order valence-electron chi connectivity index (χ1n) is 6.72. The van der Waals surface area contributed by atoms with Crippen molar-refractivity contribution in [3.05, 3.63) is 45.4 Å². The third kappa shape index (κ3) is 3.37. The van der Waals surface area contributed by atoms with Gasteiger partial charge in [0.25, 0.3) is 0 Å². The highest BCUT2D eigenvalue weighted by Gasteiger charge is 2.08. The van der Waals surface area contributed by atoms with E-state index in [9.17, 15) is 4.79 Å². The van der Waals surface area contributed by atoms with Gasteiger partial charge in [0.05, 0.1) is 33.1 Å². The number of fused-ring (bicyclic) bond motifs is 1. The summed E-state index contributed by atoms with van der Waals surface area (Å²) in [6, 6.07) is 7.92. The minimum atomic E-state index is -0.175. The second-order valence-electron chi connectivity index (χ2n) is 4.75. The molecule has 1 aromatic carbocycles. The number of aryl methyl sites for hydroxylation is 1. The lowest BCUT2D eigenvalue weighted by Crippen LogP contribution is -2.21. The molecule has 0 bridgehead atoms. The van der Waals surface area contributed by atoms with Gasteiger partial charge in [-0.3, -0.25) is 4.79 Å². The molecule has 0 aliphatic carbocycles. The molecule has 0 fully saturated rings. The van der Waals surface area contributed by atoms with Crippen molar-refractivity contribution in [2.75, 3.05) is 0 Å². The SMILES string of the molecule is C/C(=N/NC(=O)Cc1csc(C)n1)c1nc2ccccc2s1. The molecular formula is C15H14N4OS2. The summed E-state index contributed by atoms with van der Waals surface area (Å²) in [6.07, 6.45) is 0.237. The van der Waals surface area contributed by atoms with Crippen LogP contribution in [-0.4, -0.2) is 21.6 Å². The zero-order valence-electron chi connectivity index (χ0n) is 12.2. The van der Waals surface area contributed by atoms with Crippen molar-refractivity contribution in [2.24, 2.45) is 5.10 Å². The molecular weight excluding hydrogens is 316 g/mol. The molecule has 3 rings (SSSR count). The van der Waals surface area contributed by atoms with E-state index in [2.05, 4.69) is 20.5 Å². The van der Waals surface area contributed by atoms with E-state index in [0.29, 0.717) is 5.71 Å². The number of rotatable bonds is 4. The van der Waals surface area contributed by atoms with Gasteiger partial charge >= 0.3 is 0 Å². The number of carbonyl (C=O) groups is 1. The number of thiazole rings is 2. The first-order chi connectivity index (χ1) is 10.6. The number of hydrazone groups is 1. The molecule has 22 heavy (non-hydrogen) atoms. The monoisotopic (exact) mass is 330 g/mol. The molecule has 0 saturated carbocycles. The molecule has 2 aromatic heterocycles. The molecule has 0 aliphatic heterocycles. The van der Waals surface area contributed by atoms with Gasteiger partial charge in [-0.2, -0.15) is 5.10 Å². The summed E-state index contributed by atoms with van der Waals surface area (Å²) >= 11 is 3.10. The van der Waals surface area contributed by atoms with E-state index >= 15 is 0 Å². The standard InChI is InChI=1S/C15H14N4OS2/c1-9(15-17-12-5-3-4-6-13(12)22-15)18-19-14(20)7-11-8-21-10(2)16-11/h3-6,8H,7H2,1-2H3,(H,19,20)/b18-9-. The fourth-order valence-corrected chi connectivity index (χ4v) is 3.44. The summed E-state index contributed by atoms with van der Waals surface area (Å²) < 4.78 is 1.11. The van der Waals surface area contributed by atoms with Crippen LogP contribution in [0.2, 0.25) is 0 Å². The molecule has 2 heterocycles. The summed E-state index contributed by atoms with van der Waals surface area (Å²) in [6.45, 7) is 3.76. The van der Waals surface area contributed by atoms with E-state index in [4.69, 9.17) is 0 Å². The molecule has 7 heteroatoms. The first-order valence-corrected chi connectivity index (χ1v) is 8.41. The van der Waals surface area contributed by atoms with Crippen LogP contribution >= 0.6 is 22.7 Å². The molecule has 1 N–H and O–H groups in total. The predicted octanol–water partition coefficient (Wildman–Crippen LogP) is 3.14. The van der Waals surface area contributed by atoms with Crippen LogP contribution in [0.3, 0.4) is 0 Å². The van der Waals surface area contributed by atoms with Gasteiger partial charge in [0.2, 0.25) is 5.91 Å². The molecule has 5 nitrogen and oxygen atoms in total. The van der Waals surface area contributed by atoms with E-state index in [1.165, 1.54) is 11.3 Å². The van der Waals surface area contributed by atoms with Crippen LogP contribution in [-0.2, 0) is 11.2 Å². The maximum Gasteiger partial charge on any atom is 0.246 e. The van der Waals surface area contributed by atoms with Gasteiger partial charge in [-0.1, -0.05) is 12.1 Å². The maximum atomic E-state index is 11.9. The van der Waals surface area contributed by atoms with Crippen molar-refractivity contribution in [3.63, 3.8) is 0 Å². The lowest BCUT2D eigenvalue weighted by molar-refractivity contribution is -0.120. The summed E-state index contributed by atoms with van der Waals surface area (Å²) in [5.74, 6) is -0.175. The smallest absolute Gasteiger partial charge is 0.246 e. The minimum absolute atomic E-state index is 0.175. The Morgan fingerprint density at radius 3 is 2.86 bits per heavy atom. The Labute approximate surface area is 135 Å². The largest absolute Gasteiger partial charge is 0.273 e. The molecule has 0 aliphatic rings. The Balaban J connectivity index is 1.67. The van der Waals surface area contributed by atoms with E-state index in [1.54, 1.807) is 11.3 Å². The summed E-state index contributed by atoms with van der Waals surface area (Å²) in [5, 5.41) is 7.79. The van der Waals surface area contributed by atoms with Crippen LogP contribution in [0.4, 0.5) is 0 Å². The molecule has 112 valence electrons. The highest BCUT2D eigenvalue weighted by atomic mass is 32.1. The van der Waals surface area contributed by atoms with Gasteiger partial charge in [0.15, 0.2) is 0 Å². The van der Waals surface area contributed by atoms with Gasteiger partial charge in [0, 0.05) is 5.38 Å². The molecule has 0 saturated heterocycles. The maximum absolute atomic E-state index is 11.9. The molecule has 0 spiro atoms. The van der Waals surface area contributed by atoms with E-state index in [1.807, 2.05) is 43.5 Å². The summed E-state index contributed by atoms with van der Waals surface area (Å²) in [5.41, 5.74) is 4.98. The number of aromatic nitrogens is 2. The van der Waals surface area contributed by atoms with Crippen molar-refractivity contribution in [1.82, 2.24) is 15.4 Å². The third-order valence-electron chi connectivity index (χ3n) is 2.96. The highest BCUT2D eigenvalue weighted by Crippen LogP contribution is 2.21. The molecule has 1 amide bonds. The minimum Gasteiger partial charge on any atom is -0.273 e. The molecule has 0 radical (unpaired) electrons. The lowest BCUT2D eigenvalue weighted by Gasteiger charge is -1.99. The Morgan fingerprint density at radius 1 is 1.32 bits per heavy atom. The van der Waals surface area contributed by atoms with Crippen molar-refractivity contribution in [3.8, 4) is 0 Å². The number of amides is 1. The lowest BCUT2D eigenvalue weighted by atomic mass is 10.3. The Hall–Kier alpha value is -2.12. The number of nitrogens with zero attached hydrogens (tertiary/aromatic N) is 3. The number of hydrogen-bond acceptors (Lipinski definition) is 6. The highest BCUT2D eigenvalue weighted by molar-refractivity contribution is 7.20. The predicted molar refractivity (Wildman–Crippen MR) is 90.5 cm³/mol. The van der Waals surface area contributed by atoms with Gasteiger partial charge in [0.1, 0.15) is 5.01 Å². The quantitative estimate of drug-likeness (QED) is 0.590.